The lowest BCUT2D eigenvalue weighted by Gasteiger charge is -2.07. The van der Waals surface area contributed by atoms with E-state index in [1.807, 2.05) is 6.07 Å². The number of Topliss-reactive ketones (excluding diaryl/α,β-unsaturated/α-hetero) is 1. The smallest absolute Gasteiger partial charge is 0.344 e. The molecule has 2 aromatic carbocycles. The Kier molecular flexibility index (Phi) is 6.19. The van der Waals surface area contributed by atoms with E-state index in [0.717, 1.165) is 0 Å². The van der Waals surface area contributed by atoms with Gasteiger partial charge in [0.05, 0.1) is 21.7 Å². The fourth-order valence-corrected chi connectivity index (χ4v) is 2.01. The Bertz CT molecular complexity index is 797. The minimum Gasteiger partial charge on any atom is -0.482 e. The number of rotatable bonds is 6. The zero-order valence-electron chi connectivity index (χ0n) is 12.3. The van der Waals surface area contributed by atoms with Crippen LogP contribution in [0.5, 0.6) is 5.75 Å². The Morgan fingerprint density at radius 2 is 1.71 bits per heavy atom. The number of carbonyl (C=O) groups excluding carboxylic acids is 2. The van der Waals surface area contributed by atoms with Gasteiger partial charge in [0.25, 0.3) is 0 Å². The molecule has 0 aliphatic rings. The molecule has 0 aliphatic heterocycles. The Balaban J connectivity index is 1.80. The molecule has 0 fully saturated rings. The molecule has 0 bridgehead atoms. The Labute approximate surface area is 148 Å². The van der Waals surface area contributed by atoms with Gasteiger partial charge in [0.1, 0.15) is 5.75 Å². The molecule has 0 atom stereocenters. The molecule has 5 nitrogen and oxygen atoms in total. The molecular formula is C17H11Cl2NO4. The maximum Gasteiger partial charge on any atom is 0.344 e. The zero-order valence-corrected chi connectivity index (χ0v) is 13.8. The molecule has 24 heavy (non-hydrogen) atoms. The molecule has 0 heterocycles. The number of halogens is 2. The predicted molar refractivity (Wildman–Crippen MR) is 88.4 cm³/mol. The highest BCUT2D eigenvalue weighted by Crippen LogP contribution is 2.22. The van der Waals surface area contributed by atoms with Crippen molar-refractivity contribution in [2.45, 2.75) is 0 Å². The summed E-state index contributed by atoms with van der Waals surface area (Å²) in [4.78, 5) is 23.5. The van der Waals surface area contributed by atoms with Gasteiger partial charge in [0.15, 0.2) is 19.0 Å². The third-order valence-corrected chi connectivity index (χ3v) is 3.68. The molecule has 0 N–H and O–H groups in total. The van der Waals surface area contributed by atoms with Crippen molar-refractivity contribution in [2.75, 3.05) is 13.2 Å². The second-order valence-corrected chi connectivity index (χ2v) is 5.45. The molecule has 2 rings (SSSR count). The first-order valence-corrected chi connectivity index (χ1v) is 7.52. The number of hydrogen-bond donors (Lipinski definition) is 0. The summed E-state index contributed by atoms with van der Waals surface area (Å²) >= 11 is 11.6. The first kappa shape index (κ1) is 17.8. The molecule has 7 heteroatoms. The second-order valence-electron chi connectivity index (χ2n) is 4.64. The molecule has 122 valence electrons. The molecule has 0 amide bonds. The lowest BCUT2D eigenvalue weighted by Crippen LogP contribution is -2.19. The first-order chi connectivity index (χ1) is 11.5. The number of ether oxygens (including phenoxy) is 2. The van der Waals surface area contributed by atoms with Crippen molar-refractivity contribution < 1.29 is 19.1 Å². The third kappa shape index (κ3) is 4.98. The largest absolute Gasteiger partial charge is 0.482 e. The van der Waals surface area contributed by atoms with Crippen molar-refractivity contribution in [3.63, 3.8) is 0 Å². The van der Waals surface area contributed by atoms with Gasteiger partial charge in [0.2, 0.25) is 0 Å². The number of esters is 1. The third-order valence-electron chi connectivity index (χ3n) is 2.95. The lowest BCUT2D eigenvalue weighted by atomic mass is 10.1. The minimum absolute atomic E-state index is 0.248. The van der Waals surface area contributed by atoms with Gasteiger partial charge < -0.3 is 9.47 Å². The summed E-state index contributed by atoms with van der Waals surface area (Å²) in [6, 6.07) is 12.6. The average molecular weight is 364 g/mol. The fraction of sp³-hybridized carbons (Fsp3) is 0.118. The minimum atomic E-state index is -0.687. The standard InChI is InChI=1S/C17H11Cl2NO4/c18-14-6-3-12(7-15(14)19)16(21)9-24-17(22)10-23-13-4-1-11(8-20)2-5-13/h1-7H,9-10H2. The number of ketones is 1. The van der Waals surface area contributed by atoms with Gasteiger partial charge in [-0.05, 0) is 42.5 Å². The Morgan fingerprint density at radius 3 is 2.33 bits per heavy atom. The van der Waals surface area contributed by atoms with Gasteiger partial charge in [-0.25, -0.2) is 4.79 Å². The summed E-state index contributed by atoms with van der Waals surface area (Å²) in [5.41, 5.74) is 0.780. The number of nitrogens with zero attached hydrogens (tertiary/aromatic N) is 1. The normalized spacial score (nSPS) is 9.88. The van der Waals surface area contributed by atoms with Crippen LogP contribution in [-0.4, -0.2) is 25.0 Å². The summed E-state index contributed by atoms with van der Waals surface area (Å²) < 4.78 is 10.1. The van der Waals surface area contributed by atoms with Crippen molar-refractivity contribution in [3.8, 4) is 11.8 Å². The summed E-state index contributed by atoms with van der Waals surface area (Å²) in [7, 11) is 0. The van der Waals surface area contributed by atoms with Crippen molar-refractivity contribution in [2.24, 2.45) is 0 Å². The molecular weight excluding hydrogens is 353 g/mol. The highest BCUT2D eigenvalue weighted by molar-refractivity contribution is 6.42. The maximum absolute atomic E-state index is 11.9. The summed E-state index contributed by atoms with van der Waals surface area (Å²) in [6.07, 6.45) is 0. The van der Waals surface area contributed by atoms with Gasteiger partial charge >= 0.3 is 5.97 Å². The van der Waals surface area contributed by atoms with Crippen LogP contribution in [0.3, 0.4) is 0 Å². The van der Waals surface area contributed by atoms with Crippen molar-refractivity contribution in [3.05, 3.63) is 63.6 Å². The number of carbonyl (C=O) groups is 2. The van der Waals surface area contributed by atoms with Gasteiger partial charge in [0, 0.05) is 5.56 Å². The van der Waals surface area contributed by atoms with Crippen LogP contribution >= 0.6 is 23.2 Å². The summed E-state index contributed by atoms with van der Waals surface area (Å²) in [5, 5.41) is 9.26. The van der Waals surface area contributed by atoms with Gasteiger partial charge in [-0.15, -0.1) is 0 Å². The van der Waals surface area contributed by atoms with E-state index in [-0.39, 0.29) is 11.6 Å². The van der Waals surface area contributed by atoms with Crippen LogP contribution in [0.1, 0.15) is 15.9 Å². The monoisotopic (exact) mass is 363 g/mol. The molecule has 0 spiro atoms. The molecule has 0 saturated carbocycles. The molecule has 0 radical (unpaired) electrons. The van der Waals surface area contributed by atoms with E-state index in [4.69, 9.17) is 37.9 Å². The number of nitriles is 1. The maximum atomic E-state index is 11.9. The van der Waals surface area contributed by atoms with Crippen molar-refractivity contribution in [1.29, 1.82) is 5.26 Å². The van der Waals surface area contributed by atoms with E-state index in [1.165, 1.54) is 18.2 Å². The quantitative estimate of drug-likeness (QED) is 0.577. The second kappa shape index (κ2) is 8.34. The van der Waals surface area contributed by atoms with Crippen molar-refractivity contribution in [1.82, 2.24) is 0 Å². The first-order valence-electron chi connectivity index (χ1n) is 6.76. The molecule has 0 aliphatic carbocycles. The van der Waals surface area contributed by atoms with E-state index < -0.39 is 18.4 Å². The predicted octanol–water partition coefficient (Wildman–Crippen LogP) is 3.67. The van der Waals surface area contributed by atoms with Gasteiger partial charge in [-0.1, -0.05) is 23.2 Å². The fourth-order valence-electron chi connectivity index (χ4n) is 1.71. The zero-order chi connectivity index (χ0) is 17.5. The number of benzene rings is 2. The van der Waals surface area contributed by atoms with Gasteiger partial charge in [-0.3, -0.25) is 4.79 Å². The van der Waals surface area contributed by atoms with Crippen LogP contribution in [0.4, 0.5) is 0 Å². The van der Waals surface area contributed by atoms with E-state index in [0.29, 0.717) is 21.9 Å². The molecule has 0 aromatic heterocycles. The molecule has 0 saturated heterocycles. The van der Waals surface area contributed by atoms with Crippen molar-refractivity contribution >= 4 is 35.0 Å². The highest BCUT2D eigenvalue weighted by Gasteiger charge is 2.12. The number of hydrogen-bond acceptors (Lipinski definition) is 5. The van der Waals surface area contributed by atoms with Crippen LogP contribution in [0.15, 0.2) is 42.5 Å². The topological polar surface area (TPSA) is 76.4 Å². The van der Waals surface area contributed by atoms with E-state index in [9.17, 15) is 9.59 Å². The average Bonchev–Trinajstić information content (AvgIpc) is 2.60. The molecule has 2 aromatic rings. The van der Waals surface area contributed by atoms with Crippen LogP contribution in [-0.2, 0) is 9.53 Å². The SMILES string of the molecule is N#Cc1ccc(OCC(=O)OCC(=O)c2ccc(Cl)c(Cl)c2)cc1. The van der Waals surface area contributed by atoms with E-state index in [2.05, 4.69) is 0 Å². The summed E-state index contributed by atoms with van der Waals surface area (Å²) in [5.74, 6) is -0.671. The van der Waals surface area contributed by atoms with E-state index in [1.54, 1.807) is 24.3 Å². The molecule has 0 unspecified atom stereocenters. The Hall–Kier alpha value is -2.55. The van der Waals surface area contributed by atoms with Crippen LogP contribution in [0, 0.1) is 11.3 Å². The van der Waals surface area contributed by atoms with Crippen LogP contribution in [0.2, 0.25) is 10.0 Å². The lowest BCUT2D eigenvalue weighted by molar-refractivity contribution is -0.144. The summed E-state index contributed by atoms with van der Waals surface area (Å²) in [6.45, 7) is -0.770. The van der Waals surface area contributed by atoms with Crippen LogP contribution < -0.4 is 4.74 Å². The highest BCUT2D eigenvalue weighted by atomic mass is 35.5. The Morgan fingerprint density at radius 1 is 1.00 bits per heavy atom. The van der Waals surface area contributed by atoms with Crippen LogP contribution in [0.25, 0.3) is 0 Å². The van der Waals surface area contributed by atoms with E-state index >= 15 is 0 Å². The van der Waals surface area contributed by atoms with Gasteiger partial charge in [-0.2, -0.15) is 5.26 Å².